The summed E-state index contributed by atoms with van der Waals surface area (Å²) in [4.78, 5) is 0. The fraction of sp³-hybridized carbons (Fsp3) is 0.625. The number of rotatable bonds is 1. The first-order valence-electron chi connectivity index (χ1n) is 6.90. The van der Waals surface area contributed by atoms with E-state index in [1.807, 2.05) is 0 Å². The van der Waals surface area contributed by atoms with E-state index in [1.165, 1.54) is 0 Å². The molecule has 0 spiro atoms. The fourth-order valence-electron chi connectivity index (χ4n) is 3.08. The number of aliphatic hydroxyl groups is 1. The van der Waals surface area contributed by atoms with Gasteiger partial charge in [-0.1, -0.05) is 20.8 Å². The number of halogens is 2. The fourth-order valence-corrected chi connectivity index (χ4v) is 3.08. The predicted octanol–water partition coefficient (Wildman–Crippen LogP) is 4.39. The minimum atomic E-state index is -1.21. The maximum Gasteiger partial charge on any atom is 0.129 e. The Hall–Kier alpha value is -0.960. The summed E-state index contributed by atoms with van der Waals surface area (Å²) in [7, 11) is 0. The van der Waals surface area contributed by atoms with Crippen LogP contribution in [0.3, 0.4) is 0 Å². The van der Waals surface area contributed by atoms with Crippen molar-refractivity contribution in [3.05, 3.63) is 35.4 Å². The molecule has 1 nitrogen and oxygen atoms in total. The third-order valence-electron chi connectivity index (χ3n) is 4.47. The molecule has 3 heteroatoms. The van der Waals surface area contributed by atoms with E-state index in [2.05, 4.69) is 20.8 Å². The van der Waals surface area contributed by atoms with E-state index < -0.39 is 17.2 Å². The summed E-state index contributed by atoms with van der Waals surface area (Å²) in [6.07, 6.45) is 2.68. The van der Waals surface area contributed by atoms with Crippen LogP contribution in [0, 0.1) is 23.0 Å². The van der Waals surface area contributed by atoms with Gasteiger partial charge in [0, 0.05) is 5.56 Å². The van der Waals surface area contributed by atoms with E-state index in [9.17, 15) is 13.9 Å². The first kappa shape index (κ1) is 14.4. The average Bonchev–Trinajstić information content (AvgIpc) is 2.31. The van der Waals surface area contributed by atoms with Crippen LogP contribution in [0.15, 0.2) is 18.2 Å². The summed E-state index contributed by atoms with van der Waals surface area (Å²) < 4.78 is 27.1. The van der Waals surface area contributed by atoms with Crippen molar-refractivity contribution in [3.63, 3.8) is 0 Å². The minimum Gasteiger partial charge on any atom is -0.385 e. The van der Waals surface area contributed by atoms with Crippen molar-refractivity contribution in [1.82, 2.24) is 0 Å². The van der Waals surface area contributed by atoms with Gasteiger partial charge in [-0.05, 0) is 55.2 Å². The molecule has 1 aliphatic rings. The van der Waals surface area contributed by atoms with Crippen LogP contribution in [0.2, 0.25) is 0 Å². The molecule has 1 aromatic rings. The van der Waals surface area contributed by atoms with Crippen LogP contribution in [-0.2, 0) is 5.60 Å². The van der Waals surface area contributed by atoms with Crippen LogP contribution >= 0.6 is 0 Å². The van der Waals surface area contributed by atoms with Gasteiger partial charge < -0.3 is 5.11 Å². The van der Waals surface area contributed by atoms with Crippen LogP contribution in [0.25, 0.3) is 0 Å². The molecule has 0 saturated heterocycles. The lowest BCUT2D eigenvalue weighted by atomic mass is 9.67. The zero-order valence-electron chi connectivity index (χ0n) is 11.8. The molecule has 106 valence electrons. The Morgan fingerprint density at radius 3 is 2.26 bits per heavy atom. The van der Waals surface area contributed by atoms with Gasteiger partial charge in [0.1, 0.15) is 11.6 Å². The molecule has 0 aliphatic heterocycles. The third kappa shape index (κ3) is 2.97. The van der Waals surface area contributed by atoms with E-state index in [0.29, 0.717) is 18.8 Å². The molecular formula is C16H22F2O. The topological polar surface area (TPSA) is 20.2 Å². The van der Waals surface area contributed by atoms with Crippen molar-refractivity contribution in [3.8, 4) is 0 Å². The summed E-state index contributed by atoms with van der Waals surface area (Å²) in [5.41, 5.74) is -0.907. The molecule has 0 atom stereocenters. The van der Waals surface area contributed by atoms with E-state index >= 15 is 0 Å². The molecule has 1 fully saturated rings. The van der Waals surface area contributed by atoms with E-state index in [1.54, 1.807) is 0 Å². The summed E-state index contributed by atoms with van der Waals surface area (Å²) in [5.74, 6) is -0.495. The largest absolute Gasteiger partial charge is 0.385 e. The van der Waals surface area contributed by atoms with Crippen molar-refractivity contribution in [2.75, 3.05) is 0 Å². The van der Waals surface area contributed by atoms with Crippen molar-refractivity contribution < 1.29 is 13.9 Å². The summed E-state index contributed by atoms with van der Waals surface area (Å²) in [6, 6.07) is 3.31. The second-order valence-corrected chi connectivity index (χ2v) is 6.80. The summed E-state index contributed by atoms with van der Waals surface area (Å²) in [5, 5.41) is 10.6. The Morgan fingerprint density at radius 1 is 1.16 bits per heavy atom. The molecule has 0 amide bonds. The highest BCUT2D eigenvalue weighted by atomic mass is 19.1. The summed E-state index contributed by atoms with van der Waals surface area (Å²) in [6.45, 7) is 6.56. The van der Waals surface area contributed by atoms with Gasteiger partial charge >= 0.3 is 0 Å². The van der Waals surface area contributed by atoms with E-state index in [-0.39, 0.29) is 11.0 Å². The number of benzene rings is 1. The maximum absolute atomic E-state index is 13.8. The van der Waals surface area contributed by atoms with Gasteiger partial charge in [-0.2, -0.15) is 0 Å². The van der Waals surface area contributed by atoms with Crippen molar-refractivity contribution in [1.29, 1.82) is 0 Å². The zero-order chi connectivity index (χ0) is 14.3. The Kier molecular flexibility index (Phi) is 3.69. The first-order chi connectivity index (χ1) is 8.72. The molecule has 0 radical (unpaired) electrons. The Bertz CT molecular complexity index is 454. The molecule has 1 aliphatic carbocycles. The van der Waals surface area contributed by atoms with Gasteiger partial charge in [0.25, 0.3) is 0 Å². The van der Waals surface area contributed by atoms with Gasteiger partial charge in [-0.3, -0.25) is 0 Å². The highest BCUT2D eigenvalue weighted by Gasteiger charge is 2.39. The second kappa shape index (κ2) is 4.86. The van der Waals surface area contributed by atoms with Crippen molar-refractivity contribution in [2.24, 2.45) is 11.3 Å². The Balaban J connectivity index is 2.20. The third-order valence-corrected chi connectivity index (χ3v) is 4.47. The molecule has 1 N–H and O–H groups in total. The van der Waals surface area contributed by atoms with Crippen molar-refractivity contribution >= 4 is 0 Å². The molecule has 0 heterocycles. The SMILES string of the molecule is CC(C)(C)C1CCC(O)(c2cc(F)ccc2F)CC1. The Labute approximate surface area is 113 Å². The van der Waals surface area contributed by atoms with E-state index in [4.69, 9.17) is 0 Å². The molecule has 1 saturated carbocycles. The number of hydrogen-bond donors (Lipinski definition) is 1. The molecule has 0 bridgehead atoms. The van der Waals surface area contributed by atoms with Crippen LogP contribution in [0.4, 0.5) is 8.78 Å². The zero-order valence-corrected chi connectivity index (χ0v) is 11.8. The lowest BCUT2D eigenvalue weighted by Gasteiger charge is -2.41. The molecule has 2 rings (SSSR count). The smallest absolute Gasteiger partial charge is 0.129 e. The highest BCUT2D eigenvalue weighted by molar-refractivity contribution is 5.26. The first-order valence-corrected chi connectivity index (χ1v) is 6.90. The lowest BCUT2D eigenvalue weighted by Crippen LogP contribution is -2.36. The molecular weight excluding hydrogens is 246 g/mol. The molecule has 19 heavy (non-hydrogen) atoms. The van der Waals surface area contributed by atoms with Gasteiger partial charge in [-0.15, -0.1) is 0 Å². The minimum absolute atomic E-state index is 0.111. The molecule has 0 unspecified atom stereocenters. The van der Waals surface area contributed by atoms with Crippen LogP contribution in [0.1, 0.15) is 52.0 Å². The highest BCUT2D eigenvalue weighted by Crippen LogP contribution is 2.45. The maximum atomic E-state index is 13.8. The Morgan fingerprint density at radius 2 is 1.74 bits per heavy atom. The van der Waals surface area contributed by atoms with Gasteiger partial charge in [0.15, 0.2) is 0 Å². The summed E-state index contributed by atoms with van der Waals surface area (Å²) >= 11 is 0. The van der Waals surface area contributed by atoms with Crippen LogP contribution in [0.5, 0.6) is 0 Å². The monoisotopic (exact) mass is 268 g/mol. The lowest BCUT2D eigenvalue weighted by molar-refractivity contribution is -0.0324. The molecule has 0 aromatic heterocycles. The van der Waals surface area contributed by atoms with Crippen LogP contribution in [-0.4, -0.2) is 5.11 Å². The van der Waals surface area contributed by atoms with Gasteiger partial charge in [0.2, 0.25) is 0 Å². The predicted molar refractivity (Wildman–Crippen MR) is 71.7 cm³/mol. The van der Waals surface area contributed by atoms with Gasteiger partial charge in [0.05, 0.1) is 5.60 Å². The number of hydrogen-bond acceptors (Lipinski definition) is 1. The molecule has 1 aromatic carbocycles. The van der Waals surface area contributed by atoms with Crippen LogP contribution < -0.4 is 0 Å². The second-order valence-electron chi connectivity index (χ2n) is 6.80. The van der Waals surface area contributed by atoms with Crippen molar-refractivity contribution in [2.45, 2.75) is 52.1 Å². The average molecular weight is 268 g/mol. The van der Waals surface area contributed by atoms with Gasteiger partial charge in [-0.25, -0.2) is 8.78 Å². The quantitative estimate of drug-likeness (QED) is 0.801. The van der Waals surface area contributed by atoms with E-state index in [0.717, 1.165) is 31.0 Å². The standard InChI is InChI=1S/C16H22F2O/c1-15(2,3)11-6-8-16(19,9-7-11)13-10-12(17)4-5-14(13)18/h4-5,10-11,19H,6-9H2,1-3H3. The normalized spacial score (nSPS) is 28.4.